The number of rotatable bonds is 0. The first kappa shape index (κ1) is 7.53. The van der Waals surface area contributed by atoms with Gasteiger partial charge in [0.15, 0.2) is 5.75 Å². The van der Waals surface area contributed by atoms with E-state index in [4.69, 9.17) is 4.52 Å². The highest BCUT2D eigenvalue weighted by Gasteiger charge is 2.27. The first-order chi connectivity index (χ1) is 5.77. The summed E-state index contributed by atoms with van der Waals surface area (Å²) in [6.07, 6.45) is 0. The van der Waals surface area contributed by atoms with Crippen molar-refractivity contribution in [1.29, 1.82) is 0 Å². The molecule has 0 fully saturated rings. The summed E-state index contributed by atoms with van der Waals surface area (Å²) in [6, 6.07) is 6.53. The Labute approximate surface area is 69.7 Å². The molecule has 62 valence electrons. The van der Waals surface area contributed by atoms with Gasteiger partial charge < -0.3 is 9.42 Å². The van der Waals surface area contributed by atoms with E-state index < -0.39 is 14.6 Å². The molecule has 0 aromatic heterocycles. The zero-order valence-corrected chi connectivity index (χ0v) is 6.94. The normalized spacial score (nSPS) is 20.8. The van der Waals surface area contributed by atoms with Gasteiger partial charge in [-0.25, -0.2) is 4.79 Å². The summed E-state index contributed by atoms with van der Waals surface area (Å²) in [5.74, 6) is -0.252. The Morgan fingerprint density at radius 2 is 2.00 bits per heavy atom. The molecule has 0 saturated heterocycles. The number of para-hydroxylation sites is 1. The van der Waals surface area contributed by atoms with E-state index >= 15 is 0 Å². The molecule has 0 aliphatic carbocycles. The van der Waals surface area contributed by atoms with Gasteiger partial charge in [-0.15, -0.1) is 0 Å². The zero-order valence-electron chi connectivity index (χ0n) is 5.94. The van der Waals surface area contributed by atoms with E-state index in [-0.39, 0.29) is 0 Å². The smallest absolute Gasteiger partial charge is 0.389 e. The van der Waals surface area contributed by atoms with Gasteiger partial charge in [0.1, 0.15) is 5.56 Å². The van der Waals surface area contributed by atoms with Gasteiger partial charge in [-0.05, 0) is 12.1 Å². The Morgan fingerprint density at radius 1 is 1.25 bits per heavy atom. The summed E-state index contributed by atoms with van der Waals surface area (Å²) in [6.45, 7) is 0. The fraction of sp³-hybridized carbons (Fsp3) is 0. The molecule has 1 heterocycles. The predicted octanol–water partition coefficient (Wildman–Crippen LogP) is 0.555. The van der Waals surface area contributed by atoms with Crippen LogP contribution in [-0.4, -0.2) is 5.97 Å². The van der Waals surface area contributed by atoms with Crippen LogP contribution in [-0.2, 0) is 4.52 Å². The van der Waals surface area contributed by atoms with Crippen molar-refractivity contribution in [1.82, 2.24) is 0 Å². The Morgan fingerprint density at radius 3 is 2.83 bits per heavy atom. The fourth-order valence-electron chi connectivity index (χ4n) is 0.966. The molecule has 12 heavy (non-hydrogen) atoms. The molecule has 0 N–H and O–H groups in total. The molecule has 2 rings (SSSR count). The van der Waals surface area contributed by atoms with Crippen LogP contribution in [0.3, 0.4) is 0 Å². The lowest BCUT2D eigenvalue weighted by molar-refractivity contribution is -0.192. The van der Waals surface area contributed by atoms with Gasteiger partial charge in [-0.2, -0.15) is 0 Å². The predicted molar refractivity (Wildman–Crippen MR) is 40.8 cm³/mol. The minimum atomic E-state index is -2.65. The number of fused-ring (bicyclic) bond motifs is 1. The molecule has 0 radical (unpaired) electrons. The van der Waals surface area contributed by atoms with Crippen LogP contribution in [0.15, 0.2) is 24.3 Å². The van der Waals surface area contributed by atoms with Crippen molar-refractivity contribution in [3.05, 3.63) is 29.8 Å². The van der Waals surface area contributed by atoms with Gasteiger partial charge >= 0.3 is 14.6 Å². The quantitative estimate of drug-likeness (QED) is 0.552. The highest BCUT2D eigenvalue weighted by atomic mass is 31.2. The number of carbonyl (C=O) groups is 1. The lowest BCUT2D eigenvalue weighted by Gasteiger charge is -2.17. The number of hydrogen-bond acceptors (Lipinski definition) is 4. The number of benzene rings is 1. The van der Waals surface area contributed by atoms with Crippen molar-refractivity contribution < 1.29 is 18.7 Å². The van der Waals surface area contributed by atoms with E-state index in [9.17, 15) is 9.69 Å². The SMILES string of the molecule is O=C1O[PH+]([O-])Oc2ccccc21. The minimum Gasteiger partial charge on any atom is -0.618 e. The maximum Gasteiger partial charge on any atom is 0.389 e. The molecule has 1 aromatic carbocycles. The summed E-state index contributed by atoms with van der Waals surface area (Å²) in [5.41, 5.74) is 0.321. The molecular formula is C7H5O4P. The van der Waals surface area contributed by atoms with Crippen molar-refractivity contribution in [2.75, 3.05) is 0 Å². The average Bonchev–Trinajstić information content (AvgIpc) is 2.04. The molecule has 1 aromatic rings. The second kappa shape index (κ2) is 2.73. The van der Waals surface area contributed by atoms with E-state index in [2.05, 4.69) is 4.52 Å². The van der Waals surface area contributed by atoms with Crippen LogP contribution < -0.4 is 9.42 Å². The monoisotopic (exact) mass is 184 g/mol. The molecule has 0 bridgehead atoms. The van der Waals surface area contributed by atoms with Crippen LogP contribution in [0.5, 0.6) is 5.75 Å². The van der Waals surface area contributed by atoms with Gasteiger partial charge in [0, 0.05) is 0 Å². The van der Waals surface area contributed by atoms with E-state index in [1.54, 1.807) is 24.3 Å². The van der Waals surface area contributed by atoms with Crippen molar-refractivity contribution >= 4 is 14.6 Å². The van der Waals surface area contributed by atoms with Crippen molar-refractivity contribution in [3.8, 4) is 5.75 Å². The van der Waals surface area contributed by atoms with Gasteiger partial charge in [0.05, 0.1) is 0 Å². The molecule has 0 saturated carbocycles. The molecular weight excluding hydrogens is 179 g/mol. The summed E-state index contributed by atoms with van der Waals surface area (Å²) in [7, 11) is -2.65. The first-order valence-electron chi connectivity index (χ1n) is 3.30. The third-order valence-electron chi connectivity index (χ3n) is 1.48. The second-order valence-corrected chi connectivity index (χ2v) is 3.15. The van der Waals surface area contributed by atoms with E-state index in [0.29, 0.717) is 11.3 Å². The van der Waals surface area contributed by atoms with Crippen LogP contribution in [0.25, 0.3) is 0 Å². The molecule has 1 aliphatic rings. The first-order valence-corrected chi connectivity index (χ1v) is 4.53. The van der Waals surface area contributed by atoms with Crippen molar-refractivity contribution in [2.45, 2.75) is 0 Å². The molecule has 0 amide bonds. The Balaban J connectivity index is 2.47. The van der Waals surface area contributed by atoms with E-state index in [1.807, 2.05) is 0 Å². The van der Waals surface area contributed by atoms with Crippen LogP contribution >= 0.6 is 8.60 Å². The van der Waals surface area contributed by atoms with E-state index in [0.717, 1.165) is 0 Å². The van der Waals surface area contributed by atoms with Gasteiger partial charge in [0.2, 0.25) is 0 Å². The fourth-order valence-corrected chi connectivity index (χ4v) is 1.63. The van der Waals surface area contributed by atoms with Crippen LogP contribution in [0, 0.1) is 0 Å². The van der Waals surface area contributed by atoms with Gasteiger partial charge in [-0.3, -0.25) is 4.52 Å². The third-order valence-corrected chi connectivity index (χ3v) is 2.21. The highest BCUT2D eigenvalue weighted by molar-refractivity contribution is 7.40. The average molecular weight is 184 g/mol. The molecule has 1 unspecified atom stereocenters. The summed E-state index contributed by atoms with van der Waals surface area (Å²) >= 11 is 0. The maximum atomic E-state index is 11.0. The second-order valence-electron chi connectivity index (χ2n) is 2.24. The molecule has 0 spiro atoms. The largest absolute Gasteiger partial charge is 0.618 e. The Hall–Kier alpha value is -1.12. The number of carbonyl (C=O) groups excluding carboxylic acids is 1. The highest BCUT2D eigenvalue weighted by Crippen LogP contribution is 2.39. The number of hydrogen-bond donors (Lipinski definition) is 0. The molecule has 4 nitrogen and oxygen atoms in total. The topological polar surface area (TPSA) is 58.6 Å². The van der Waals surface area contributed by atoms with Gasteiger partial charge in [0.25, 0.3) is 0 Å². The maximum absolute atomic E-state index is 11.0. The van der Waals surface area contributed by atoms with Crippen LogP contribution in [0.1, 0.15) is 10.4 Å². The Kier molecular flexibility index (Phi) is 1.71. The van der Waals surface area contributed by atoms with Crippen molar-refractivity contribution in [3.63, 3.8) is 0 Å². The molecule has 5 heteroatoms. The minimum absolute atomic E-state index is 0.321. The lowest BCUT2D eigenvalue weighted by Crippen LogP contribution is -2.17. The van der Waals surface area contributed by atoms with Crippen LogP contribution in [0.2, 0.25) is 0 Å². The van der Waals surface area contributed by atoms with Crippen LogP contribution in [0.4, 0.5) is 0 Å². The Bertz CT molecular complexity index is 325. The summed E-state index contributed by atoms with van der Waals surface area (Å²) in [4.78, 5) is 21.8. The van der Waals surface area contributed by atoms with E-state index in [1.165, 1.54) is 0 Å². The third kappa shape index (κ3) is 1.15. The molecule has 1 aliphatic heterocycles. The summed E-state index contributed by atoms with van der Waals surface area (Å²) < 4.78 is 9.20. The standard InChI is InChI=1S/C7H5O4P/c8-7-5-3-1-2-4-6(5)10-12(9)11-7/h1-4,12H. The molecule has 1 atom stereocenters. The lowest BCUT2D eigenvalue weighted by atomic mass is 10.2. The zero-order chi connectivity index (χ0) is 8.55. The summed E-state index contributed by atoms with van der Waals surface area (Å²) in [5, 5.41) is 0. The van der Waals surface area contributed by atoms with Crippen molar-refractivity contribution in [2.24, 2.45) is 0 Å². The van der Waals surface area contributed by atoms with Gasteiger partial charge in [-0.1, -0.05) is 12.1 Å².